The van der Waals surface area contributed by atoms with E-state index in [0.717, 1.165) is 46.8 Å². The molecular formula is C17H21ClN4O2. The van der Waals surface area contributed by atoms with Crippen molar-refractivity contribution in [1.82, 2.24) is 0 Å². The number of furan rings is 1. The molecule has 1 aliphatic carbocycles. The number of rotatable bonds is 3. The molecule has 6 nitrogen and oxygen atoms in total. The molecule has 0 radical (unpaired) electrons. The molecule has 1 heterocycles. The van der Waals surface area contributed by atoms with Crippen molar-refractivity contribution in [3.05, 3.63) is 53.0 Å². The molecule has 4 N–H and O–H groups in total. The third kappa shape index (κ3) is 3.38. The molecule has 1 aromatic heterocycles. The molecule has 128 valence electrons. The first kappa shape index (κ1) is 17.9. The number of nitrogens with two attached hydrogens (primary N) is 2. The van der Waals surface area contributed by atoms with Crippen LogP contribution in [0.2, 0.25) is 0 Å². The van der Waals surface area contributed by atoms with Gasteiger partial charge < -0.3 is 20.6 Å². The highest BCUT2D eigenvalue weighted by Crippen LogP contribution is 2.38. The summed E-state index contributed by atoms with van der Waals surface area (Å²) in [4.78, 5) is 0. The fraction of sp³-hybridized carbons (Fsp3) is 0.294. The van der Waals surface area contributed by atoms with Gasteiger partial charge in [-0.1, -0.05) is 18.2 Å². The Bertz CT molecular complexity index is 779. The average Bonchev–Trinajstić information content (AvgIpc) is 2.94. The third-order valence-corrected chi connectivity index (χ3v) is 4.08. The molecule has 1 aromatic carbocycles. The average molecular weight is 349 g/mol. The van der Waals surface area contributed by atoms with Gasteiger partial charge in [0, 0.05) is 17.9 Å². The van der Waals surface area contributed by atoms with Crippen LogP contribution in [0.3, 0.4) is 0 Å². The quantitative estimate of drug-likeness (QED) is 0.506. The van der Waals surface area contributed by atoms with Gasteiger partial charge in [-0.2, -0.15) is 5.10 Å². The number of hydrogen-bond acceptors (Lipinski definition) is 4. The smallest absolute Gasteiger partial charge is 0.211 e. The SMILES string of the molecule is COc1ccccc1C1C/C(=N/N=C(N)N)c2c(C)coc2C1.Cl. The molecule has 0 aliphatic heterocycles. The molecule has 0 saturated carbocycles. The van der Waals surface area contributed by atoms with Crippen LogP contribution in [0, 0.1) is 6.92 Å². The Morgan fingerprint density at radius 2 is 2.00 bits per heavy atom. The lowest BCUT2D eigenvalue weighted by Gasteiger charge is -2.24. The van der Waals surface area contributed by atoms with Gasteiger partial charge in [0.1, 0.15) is 11.5 Å². The Kier molecular flexibility index (Phi) is 5.51. The number of para-hydroxylation sites is 1. The highest BCUT2D eigenvalue weighted by atomic mass is 35.5. The molecule has 24 heavy (non-hydrogen) atoms. The van der Waals surface area contributed by atoms with E-state index in [2.05, 4.69) is 16.3 Å². The van der Waals surface area contributed by atoms with Crippen LogP contribution >= 0.6 is 12.4 Å². The zero-order valence-electron chi connectivity index (χ0n) is 13.7. The number of nitrogens with zero attached hydrogens (tertiary/aromatic N) is 2. The number of halogens is 1. The first-order chi connectivity index (χ1) is 11.1. The lowest BCUT2D eigenvalue weighted by molar-refractivity contribution is 0.402. The van der Waals surface area contributed by atoms with E-state index in [-0.39, 0.29) is 24.3 Å². The van der Waals surface area contributed by atoms with Crippen molar-refractivity contribution in [1.29, 1.82) is 0 Å². The van der Waals surface area contributed by atoms with Crippen molar-refractivity contribution in [2.45, 2.75) is 25.7 Å². The number of guanidine groups is 1. The predicted molar refractivity (Wildman–Crippen MR) is 97.1 cm³/mol. The standard InChI is InChI=1S/C17H20N4O2.ClH/c1-10-9-23-15-8-11(12-5-3-4-6-14(12)22-2)7-13(16(10)15)20-21-17(18)19;/h3-6,9,11H,7-8H2,1-2H3,(H4,18,19,21);1H/b20-13-;. The van der Waals surface area contributed by atoms with Crippen LogP contribution < -0.4 is 16.2 Å². The Hall–Kier alpha value is -2.47. The highest BCUT2D eigenvalue weighted by molar-refractivity contribution is 6.04. The first-order valence-electron chi connectivity index (χ1n) is 7.46. The van der Waals surface area contributed by atoms with Crippen molar-refractivity contribution in [3.8, 4) is 5.75 Å². The fourth-order valence-electron chi connectivity index (χ4n) is 3.10. The van der Waals surface area contributed by atoms with Crippen LogP contribution in [0.25, 0.3) is 0 Å². The molecule has 2 aromatic rings. The lowest BCUT2D eigenvalue weighted by Crippen LogP contribution is -2.23. The zero-order chi connectivity index (χ0) is 16.4. The normalized spacial score (nSPS) is 17.8. The highest BCUT2D eigenvalue weighted by Gasteiger charge is 2.30. The van der Waals surface area contributed by atoms with Crippen LogP contribution in [0.4, 0.5) is 0 Å². The maximum absolute atomic E-state index is 5.72. The molecule has 1 aliphatic rings. The van der Waals surface area contributed by atoms with Gasteiger partial charge in [-0.15, -0.1) is 17.5 Å². The first-order valence-corrected chi connectivity index (χ1v) is 7.46. The summed E-state index contributed by atoms with van der Waals surface area (Å²) in [6.45, 7) is 2.00. The summed E-state index contributed by atoms with van der Waals surface area (Å²) < 4.78 is 11.2. The van der Waals surface area contributed by atoms with E-state index in [4.69, 9.17) is 20.6 Å². The second kappa shape index (κ2) is 7.40. The van der Waals surface area contributed by atoms with Crippen LogP contribution in [0.15, 0.2) is 45.1 Å². The minimum Gasteiger partial charge on any atom is -0.496 e. The molecular weight excluding hydrogens is 328 g/mol. The Morgan fingerprint density at radius 3 is 2.71 bits per heavy atom. The van der Waals surface area contributed by atoms with E-state index in [0.29, 0.717) is 0 Å². The number of benzene rings is 1. The maximum atomic E-state index is 5.72. The fourth-order valence-corrected chi connectivity index (χ4v) is 3.10. The van der Waals surface area contributed by atoms with Gasteiger partial charge in [0.05, 0.1) is 19.1 Å². The molecule has 0 spiro atoms. The van der Waals surface area contributed by atoms with Crippen LogP contribution in [-0.2, 0) is 6.42 Å². The number of ether oxygens (including phenoxy) is 1. The van der Waals surface area contributed by atoms with Crippen LogP contribution in [-0.4, -0.2) is 18.8 Å². The van der Waals surface area contributed by atoms with E-state index in [1.165, 1.54) is 0 Å². The summed E-state index contributed by atoms with van der Waals surface area (Å²) in [6.07, 6.45) is 3.27. The van der Waals surface area contributed by atoms with Crippen molar-refractivity contribution < 1.29 is 9.15 Å². The molecule has 3 rings (SSSR count). The molecule has 1 unspecified atom stereocenters. The van der Waals surface area contributed by atoms with Crippen molar-refractivity contribution in [2.24, 2.45) is 21.7 Å². The molecule has 0 bridgehead atoms. The number of aryl methyl sites for hydroxylation is 1. The van der Waals surface area contributed by atoms with E-state index in [9.17, 15) is 0 Å². The second-order valence-corrected chi connectivity index (χ2v) is 5.64. The lowest BCUT2D eigenvalue weighted by atomic mass is 9.81. The van der Waals surface area contributed by atoms with E-state index in [1.807, 2.05) is 25.1 Å². The Labute approximate surface area is 147 Å². The van der Waals surface area contributed by atoms with E-state index >= 15 is 0 Å². The number of hydrogen-bond donors (Lipinski definition) is 2. The molecule has 0 fully saturated rings. The summed E-state index contributed by atoms with van der Waals surface area (Å²) in [5, 5.41) is 8.07. The monoisotopic (exact) mass is 348 g/mol. The van der Waals surface area contributed by atoms with Gasteiger partial charge >= 0.3 is 0 Å². The zero-order valence-corrected chi connectivity index (χ0v) is 14.5. The summed E-state index contributed by atoms with van der Waals surface area (Å²) in [5.74, 6) is 1.93. The molecule has 1 atom stereocenters. The molecule has 0 amide bonds. The maximum Gasteiger partial charge on any atom is 0.211 e. The predicted octanol–water partition coefficient (Wildman–Crippen LogP) is 2.73. The van der Waals surface area contributed by atoms with Gasteiger partial charge in [-0.25, -0.2) is 0 Å². The van der Waals surface area contributed by atoms with Gasteiger partial charge in [0.2, 0.25) is 5.96 Å². The van der Waals surface area contributed by atoms with Crippen LogP contribution in [0.5, 0.6) is 5.75 Å². The second-order valence-electron chi connectivity index (χ2n) is 5.64. The van der Waals surface area contributed by atoms with Crippen molar-refractivity contribution in [2.75, 3.05) is 7.11 Å². The number of methoxy groups -OCH3 is 1. The molecule has 7 heteroatoms. The summed E-state index contributed by atoms with van der Waals surface area (Å²) >= 11 is 0. The largest absolute Gasteiger partial charge is 0.496 e. The van der Waals surface area contributed by atoms with Gasteiger partial charge in [0.15, 0.2) is 0 Å². The Balaban J connectivity index is 0.00000208. The van der Waals surface area contributed by atoms with Gasteiger partial charge in [-0.3, -0.25) is 0 Å². The van der Waals surface area contributed by atoms with Gasteiger partial charge in [-0.05, 0) is 30.5 Å². The van der Waals surface area contributed by atoms with E-state index in [1.54, 1.807) is 13.4 Å². The summed E-state index contributed by atoms with van der Waals surface area (Å²) in [6, 6.07) is 8.00. The van der Waals surface area contributed by atoms with Crippen molar-refractivity contribution in [3.63, 3.8) is 0 Å². The summed E-state index contributed by atoms with van der Waals surface area (Å²) in [5.41, 5.74) is 14.8. The van der Waals surface area contributed by atoms with Crippen molar-refractivity contribution >= 4 is 24.1 Å². The minimum atomic E-state index is -0.0559. The Morgan fingerprint density at radius 1 is 1.25 bits per heavy atom. The minimum absolute atomic E-state index is 0. The van der Waals surface area contributed by atoms with E-state index < -0.39 is 0 Å². The number of fused-ring (bicyclic) bond motifs is 1. The third-order valence-electron chi connectivity index (χ3n) is 4.08. The van der Waals surface area contributed by atoms with Gasteiger partial charge in [0.25, 0.3) is 0 Å². The molecule has 0 saturated heterocycles. The topological polar surface area (TPSA) is 99.1 Å². The summed E-state index contributed by atoms with van der Waals surface area (Å²) in [7, 11) is 1.68. The van der Waals surface area contributed by atoms with Crippen LogP contribution in [0.1, 0.15) is 34.8 Å².